The van der Waals surface area contributed by atoms with Crippen LogP contribution >= 0.6 is 0 Å². The van der Waals surface area contributed by atoms with E-state index in [1.807, 2.05) is 0 Å². The molecule has 2 aromatic carbocycles. The van der Waals surface area contributed by atoms with Gasteiger partial charge in [-0.3, -0.25) is 4.79 Å². The molecule has 12 heteroatoms. The Morgan fingerprint density at radius 1 is 1.14 bits per heavy atom. The van der Waals surface area contributed by atoms with Gasteiger partial charge < -0.3 is 10.0 Å². The molecular formula is C24H23F4N3O4S. The van der Waals surface area contributed by atoms with Crippen molar-refractivity contribution >= 4 is 26.6 Å². The smallest absolute Gasteiger partial charge is 0.389 e. The number of benzene rings is 2. The summed E-state index contributed by atoms with van der Waals surface area (Å²) in [5.74, 6) is -2.10. The summed E-state index contributed by atoms with van der Waals surface area (Å²) in [6.07, 6.45) is -3.36. The van der Waals surface area contributed by atoms with Crippen molar-refractivity contribution in [3.63, 3.8) is 0 Å². The van der Waals surface area contributed by atoms with E-state index in [0.29, 0.717) is 5.39 Å². The highest BCUT2D eigenvalue weighted by molar-refractivity contribution is 7.90. The first-order valence-corrected chi connectivity index (χ1v) is 12.8. The molecule has 7 nitrogen and oxygen atoms in total. The zero-order valence-corrected chi connectivity index (χ0v) is 19.8. The lowest BCUT2D eigenvalue weighted by atomic mass is 9.86. The van der Waals surface area contributed by atoms with Gasteiger partial charge in [0.2, 0.25) is 0 Å². The Morgan fingerprint density at radius 3 is 2.53 bits per heavy atom. The molecule has 0 radical (unpaired) electrons. The fourth-order valence-electron chi connectivity index (χ4n) is 4.28. The van der Waals surface area contributed by atoms with Gasteiger partial charge in [0.05, 0.1) is 27.3 Å². The minimum atomic E-state index is -4.39. The molecule has 1 aliphatic heterocycles. The Hall–Kier alpha value is -3.12. The molecule has 36 heavy (non-hydrogen) atoms. The van der Waals surface area contributed by atoms with E-state index in [1.165, 1.54) is 35.6 Å². The Kier molecular flexibility index (Phi) is 7.02. The van der Waals surface area contributed by atoms with Crippen molar-refractivity contribution in [3.8, 4) is 0 Å². The number of carbonyl (C=O) groups excluding carboxylic acids is 1. The molecule has 0 bridgehead atoms. The first-order chi connectivity index (χ1) is 16.9. The third-order valence-electron chi connectivity index (χ3n) is 6.31. The second-order valence-electron chi connectivity index (χ2n) is 8.92. The third kappa shape index (κ3) is 5.81. The molecule has 3 aromatic rings. The summed E-state index contributed by atoms with van der Waals surface area (Å²) >= 11 is 0. The standard InChI is InChI=1S/C24H23F4N3O4S/c25-19-12-16(14-36(34,35)20-3-1-2-17-13-29-15-30-21(17)20)4-5-18(19)22(32)31-10-8-23(33,9-11-31)6-7-24(26,27)28/h1-5,12-13,15,33H,6-11,14H2. The molecule has 1 amide bonds. The van der Waals surface area contributed by atoms with Gasteiger partial charge in [0, 0.05) is 31.1 Å². The maximum Gasteiger partial charge on any atom is 0.389 e. The number of sulfone groups is 1. The number of nitrogens with zero attached hydrogens (tertiary/aromatic N) is 3. The summed E-state index contributed by atoms with van der Waals surface area (Å²) < 4.78 is 78.4. The number of halogens is 4. The van der Waals surface area contributed by atoms with Gasteiger partial charge in [-0.1, -0.05) is 18.2 Å². The second-order valence-corrected chi connectivity index (χ2v) is 10.9. The minimum Gasteiger partial charge on any atom is -0.390 e. The monoisotopic (exact) mass is 525 g/mol. The van der Waals surface area contributed by atoms with E-state index < -0.39 is 51.9 Å². The number of para-hydroxylation sites is 1. The quantitative estimate of drug-likeness (QED) is 0.488. The number of piperidine rings is 1. The van der Waals surface area contributed by atoms with Gasteiger partial charge in [0.1, 0.15) is 12.1 Å². The van der Waals surface area contributed by atoms with Crippen LogP contribution < -0.4 is 0 Å². The summed E-state index contributed by atoms with van der Waals surface area (Å²) in [4.78, 5) is 22.0. The van der Waals surface area contributed by atoms with E-state index in [4.69, 9.17) is 0 Å². The second kappa shape index (κ2) is 9.74. The number of hydrogen-bond acceptors (Lipinski definition) is 6. The number of hydrogen-bond donors (Lipinski definition) is 1. The number of likely N-dealkylation sites (tertiary alicyclic amines) is 1. The van der Waals surface area contributed by atoms with Gasteiger partial charge in [-0.25, -0.2) is 22.8 Å². The molecule has 1 aliphatic rings. The molecule has 1 fully saturated rings. The molecule has 2 heterocycles. The summed E-state index contributed by atoms with van der Waals surface area (Å²) in [6, 6.07) is 8.16. The van der Waals surface area contributed by atoms with Crippen LogP contribution in [0.2, 0.25) is 0 Å². The van der Waals surface area contributed by atoms with Crippen LogP contribution in [0.3, 0.4) is 0 Å². The topological polar surface area (TPSA) is 100 Å². The first kappa shape index (κ1) is 26.0. The number of alkyl halides is 3. The lowest BCUT2D eigenvalue weighted by Crippen LogP contribution is -2.47. The number of rotatable bonds is 6. The lowest BCUT2D eigenvalue weighted by Gasteiger charge is -2.38. The Balaban J connectivity index is 1.45. The van der Waals surface area contributed by atoms with Gasteiger partial charge >= 0.3 is 6.18 Å². The highest BCUT2D eigenvalue weighted by atomic mass is 32.2. The number of aromatic nitrogens is 2. The van der Waals surface area contributed by atoms with Crippen LogP contribution in [0.25, 0.3) is 10.9 Å². The SMILES string of the molecule is O=C(c1ccc(CS(=O)(=O)c2cccc3cncnc23)cc1F)N1CCC(O)(CCC(F)(F)F)CC1. The third-order valence-corrected chi connectivity index (χ3v) is 8.02. The van der Waals surface area contributed by atoms with Gasteiger partial charge in [-0.2, -0.15) is 13.2 Å². The molecule has 0 aliphatic carbocycles. The van der Waals surface area contributed by atoms with Crippen molar-refractivity contribution in [1.82, 2.24) is 14.9 Å². The predicted octanol–water partition coefficient (Wildman–Crippen LogP) is 4.05. The Bertz CT molecular complexity index is 1380. The van der Waals surface area contributed by atoms with Gasteiger partial charge in [0.15, 0.2) is 9.84 Å². The van der Waals surface area contributed by atoms with Crippen LogP contribution in [0.1, 0.15) is 41.6 Å². The molecule has 0 unspecified atom stereocenters. The molecule has 192 valence electrons. The van der Waals surface area contributed by atoms with Crippen molar-refractivity contribution in [1.29, 1.82) is 0 Å². The van der Waals surface area contributed by atoms with Gasteiger partial charge in [0.25, 0.3) is 5.91 Å². The van der Waals surface area contributed by atoms with E-state index in [0.717, 1.165) is 6.07 Å². The zero-order valence-electron chi connectivity index (χ0n) is 19.0. The number of aliphatic hydroxyl groups is 1. The fraction of sp³-hybridized carbons (Fsp3) is 0.375. The molecule has 1 aromatic heterocycles. The molecule has 0 saturated carbocycles. The summed E-state index contributed by atoms with van der Waals surface area (Å²) in [6.45, 7) is -0.0442. The molecule has 1 N–H and O–H groups in total. The average molecular weight is 526 g/mol. The molecular weight excluding hydrogens is 502 g/mol. The van der Waals surface area contributed by atoms with Crippen LogP contribution in [0.15, 0.2) is 53.8 Å². The maximum absolute atomic E-state index is 14.9. The minimum absolute atomic E-state index is 0.0192. The first-order valence-electron chi connectivity index (χ1n) is 11.2. The Morgan fingerprint density at radius 2 is 1.86 bits per heavy atom. The van der Waals surface area contributed by atoms with Crippen LogP contribution in [-0.2, 0) is 15.6 Å². The van der Waals surface area contributed by atoms with E-state index in [-0.39, 0.29) is 47.5 Å². The number of fused-ring (bicyclic) bond motifs is 1. The van der Waals surface area contributed by atoms with E-state index >= 15 is 0 Å². The zero-order chi connectivity index (χ0) is 26.1. The van der Waals surface area contributed by atoms with Crippen LogP contribution in [-0.4, -0.2) is 59.2 Å². The molecule has 1 saturated heterocycles. The van der Waals surface area contributed by atoms with Crippen LogP contribution in [0.4, 0.5) is 17.6 Å². The van der Waals surface area contributed by atoms with Crippen molar-refractivity contribution in [2.75, 3.05) is 13.1 Å². The lowest BCUT2D eigenvalue weighted by molar-refractivity contribution is -0.150. The molecule has 0 spiro atoms. The van der Waals surface area contributed by atoms with Crippen LogP contribution in [0, 0.1) is 5.82 Å². The highest BCUT2D eigenvalue weighted by Gasteiger charge is 2.38. The van der Waals surface area contributed by atoms with E-state index in [1.54, 1.807) is 12.1 Å². The van der Waals surface area contributed by atoms with Gasteiger partial charge in [-0.05, 0) is 43.0 Å². The number of amides is 1. The summed E-state index contributed by atoms with van der Waals surface area (Å²) in [7, 11) is -3.90. The van der Waals surface area contributed by atoms with Crippen molar-refractivity contribution < 1.29 is 35.9 Å². The fourth-order valence-corrected chi connectivity index (χ4v) is 5.80. The molecule has 0 atom stereocenters. The van der Waals surface area contributed by atoms with Gasteiger partial charge in [-0.15, -0.1) is 0 Å². The normalized spacial score (nSPS) is 16.3. The van der Waals surface area contributed by atoms with Crippen LogP contribution in [0.5, 0.6) is 0 Å². The predicted molar refractivity (Wildman–Crippen MR) is 122 cm³/mol. The Labute approximate surface area is 204 Å². The van der Waals surface area contributed by atoms with Crippen molar-refractivity contribution in [2.24, 2.45) is 0 Å². The summed E-state index contributed by atoms with van der Waals surface area (Å²) in [5.41, 5.74) is -1.43. The molecule has 4 rings (SSSR count). The van der Waals surface area contributed by atoms with Crippen molar-refractivity contribution in [2.45, 2.75) is 48.1 Å². The van der Waals surface area contributed by atoms with E-state index in [2.05, 4.69) is 9.97 Å². The average Bonchev–Trinajstić information content (AvgIpc) is 2.82. The summed E-state index contributed by atoms with van der Waals surface area (Å²) in [5, 5.41) is 10.9. The maximum atomic E-state index is 14.9. The number of carbonyl (C=O) groups is 1. The largest absolute Gasteiger partial charge is 0.390 e. The highest BCUT2D eigenvalue weighted by Crippen LogP contribution is 2.33. The van der Waals surface area contributed by atoms with E-state index in [9.17, 15) is 35.9 Å². The van der Waals surface area contributed by atoms with Crippen molar-refractivity contribution in [3.05, 3.63) is 65.9 Å².